The van der Waals surface area contributed by atoms with Gasteiger partial charge in [0.1, 0.15) is 22.8 Å². The number of nitrogens with zero attached hydrogens (tertiary/aromatic N) is 3. The van der Waals surface area contributed by atoms with Crippen LogP contribution in [-0.4, -0.2) is 66.5 Å². The zero-order valence-electron chi connectivity index (χ0n) is 33.6. The summed E-state index contributed by atoms with van der Waals surface area (Å²) in [6, 6.07) is 21.8. The molecule has 2 unspecified atom stereocenters. The van der Waals surface area contributed by atoms with E-state index in [1.165, 1.54) is 29.5 Å². The molecule has 2 fully saturated rings. The van der Waals surface area contributed by atoms with Crippen molar-refractivity contribution < 1.29 is 27.6 Å². The van der Waals surface area contributed by atoms with E-state index in [0.717, 1.165) is 80.5 Å². The monoisotopic (exact) mass is 830 g/mol. The first-order valence-electron chi connectivity index (χ1n) is 20.8. The quantitative estimate of drug-likeness (QED) is 0.0724. The Morgan fingerprint density at radius 3 is 2.72 bits per heavy atom. The Kier molecular flexibility index (Phi) is 12.4. The van der Waals surface area contributed by atoms with Crippen molar-refractivity contribution >= 4 is 50.0 Å². The molecule has 8 rings (SSSR count). The molecule has 1 amide bonds. The first-order chi connectivity index (χ1) is 29.2. The van der Waals surface area contributed by atoms with Gasteiger partial charge in [-0.1, -0.05) is 55.5 Å². The number of fused-ring (bicyclic) bond motifs is 1. The summed E-state index contributed by atoms with van der Waals surface area (Å²) in [7, 11) is -4.54. The number of amides is 1. The van der Waals surface area contributed by atoms with Crippen LogP contribution < -0.4 is 14.8 Å². The fraction of sp³-hybridized carbons (Fsp3) is 0.348. The maximum absolute atomic E-state index is 13.9. The van der Waals surface area contributed by atoms with Gasteiger partial charge in [-0.15, -0.1) is 0 Å². The van der Waals surface area contributed by atoms with Crippen molar-refractivity contribution in [1.29, 1.82) is 0 Å². The van der Waals surface area contributed by atoms with E-state index in [1.54, 1.807) is 24.4 Å². The number of aromatic amines is 1. The van der Waals surface area contributed by atoms with E-state index in [-0.39, 0.29) is 22.9 Å². The van der Waals surface area contributed by atoms with Gasteiger partial charge in [-0.3, -0.25) is 19.8 Å². The van der Waals surface area contributed by atoms with E-state index < -0.39 is 31.4 Å². The summed E-state index contributed by atoms with van der Waals surface area (Å²) in [5.74, 6) is -0.152. The number of sulfonamides is 1. The number of hydrogen-bond donors (Lipinski definition) is 3. The normalized spacial score (nSPS) is 19.1. The number of anilines is 1. The summed E-state index contributed by atoms with van der Waals surface area (Å²) in [5, 5.41) is 16.0. The highest BCUT2D eigenvalue weighted by Gasteiger charge is 2.34. The van der Waals surface area contributed by atoms with E-state index >= 15 is 0 Å². The summed E-state index contributed by atoms with van der Waals surface area (Å²) in [5.41, 5.74) is 5.09. The number of carbonyl (C=O) groups is 1. The van der Waals surface area contributed by atoms with Crippen molar-refractivity contribution in [2.24, 2.45) is 5.92 Å². The minimum absolute atomic E-state index is 0.0225. The number of nitro groups is 1. The predicted molar refractivity (Wildman–Crippen MR) is 232 cm³/mol. The highest BCUT2D eigenvalue weighted by Crippen LogP contribution is 2.41. The molecule has 312 valence electrons. The molecule has 2 atom stereocenters. The van der Waals surface area contributed by atoms with Crippen molar-refractivity contribution in [2.45, 2.75) is 75.3 Å². The standard InChI is InChI=1S/C46H50N6O7S/c1-2-3-7-33-8-4-5-9-39(33)42-10-6-23-51(42)36-14-11-32(12-15-36)34-13-17-40(44(27-34)59-37-26-35-19-22-47-45(35)49-30-37)46(53)50-60(56,57)38-16-18-41(43(28-38)52(54)55)48-29-31-20-24-58-25-21-31/h3-5,7-9,11,13,16-19,22,26-28,30-31,36,42,48H,2,6,10,12,14-15,20-21,23-25,29H2,1H3,(H,47,49)(H,50,53). The molecule has 13 nitrogen and oxygen atoms in total. The van der Waals surface area contributed by atoms with Gasteiger partial charge in [0.2, 0.25) is 0 Å². The van der Waals surface area contributed by atoms with Crippen LogP contribution in [0.1, 0.15) is 91.4 Å². The van der Waals surface area contributed by atoms with Gasteiger partial charge in [0, 0.05) is 49.5 Å². The zero-order chi connectivity index (χ0) is 41.6. The third-order valence-corrected chi connectivity index (χ3v) is 13.2. The van der Waals surface area contributed by atoms with Gasteiger partial charge in [0.15, 0.2) is 0 Å². The molecule has 3 N–H and O–H groups in total. The van der Waals surface area contributed by atoms with Crippen LogP contribution in [0.5, 0.6) is 11.5 Å². The highest BCUT2D eigenvalue weighted by molar-refractivity contribution is 7.90. The summed E-state index contributed by atoms with van der Waals surface area (Å²) in [4.78, 5) is 35.1. The van der Waals surface area contributed by atoms with Gasteiger partial charge < -0.3 is 19.8 Å². The van der Waals surface area contributed by atoms with Crippen LogP contribution in [0.25, 0.3) is 22.7 Å². The summed E-state index contributed by atoms with van der Waals surface area (Å²) in [6.07, 6.45) is 17.6. The van der Waals surface area contributed by atoms with Gasteiger partial charge in [0.25, 0.3) is 21.6 Å². The minimum atomic E-state index is -4.54. The number of nitrogens with one attached hydrogen (secondary N) is 3. The molecule has 0 spiro atoms. The number of carbonyl (C=O) groups excluding carboxylic acids is 1. The molecule has 2 aliphatic heterocycles. The van der Waals surface area contributed by atoms with E-state index in [9.17, 15) is 23.3 Å². The average molecular weight is 831 g/mol. The molecule has 3 aromatic carbocycles. The second-order valence-electron chi connectivity index (χ2n) is 15.7. The highest BCUT2D eigenvalue weighted by atomic mass is 32.2. The van der Waals surface area contributed by atoms with Crippen molar-refractivity contribution in [3.63, 3.8) is 0 Å². The average Bonchev–Trinajstić information content (AvgIpc) is 3.95. The van der Waals surface area contributed by atoms with Crippen molar-refractivity contribution in [3.05, 3.63) is 130 Å². The maximum atomic E-state index is 13.9. The van der Waals surface area contributed by atoms with Gasteiger partial charge >= 0.3 is 0 Å². The SMILES string of the molecule is CCC=Cc1ccccc1C1CCCN1C1CC=C(c2ccc(C(=O)NS(=O)(=O)c3ccc(NCC4CCOCC4)c([N+](=O)[O-])c3)c(Oc3cnc4[nH]ccc4c3)c2)CC1. The van der Waals surface area contributed by atoms with Crippen LogP contribution in [0.15, 0.2) is 102 Å². The van der Waals surface area contributed by atoms with Crippen LogP contribution in [-0.2, 0) is 14.8 Å². The third kappa shape index (κ3) is 9.15. The third-order valence-electron chi connectivity index (χ3n) is 11.9. The lowest BCUT2D eigenvalue weighted by Gasteiger charge is -2.36. The molecule has 3 aliphatic rings. The minimum Gasteiger partial charge on any atom is -0.455 e. The second-order valence-corrected chi connectivity index (χ2v) is 17.4. The number of nitro benzene ring substituents is 1. The second kappa shape index (κ2) is 18.2. The number of hydrogen-bond acceptors (Lipinski definition) is 10. The Labute approximate surface area is 350 Å². The zero-order valence-corrected chi connectivity index (χ0v) is 34.5. The molecule has 0 saturated carbocycles. The Bertz CT molecular complexity index is 2550. The summed E-state index contributed by atoms with van der Waals surface area (Å²) < 4.78 is 41.2. The van der Waals surface area contributed by atoms with Crippen LogP contribution in [0.2, 0.25) is 0 Å². The largest absolute Gasteiger partial charge is 0.455 e. The Morgan fingerprint density at radius 1 is 1.07 bits per heavy atom. The van der Waals surface area contributed by atoms with Crippen molar-refractivity contribution in [3.8, 4) is 11.5 Å². The van der Waals surface area contributed by atoms with E-state index in [0.29, 0.717) is 43.2 Å². The number of H-pyrrole nitrogens is 1. The van der Waals surface area contributed by atoms with Crippen LogP contribution >= 0.6 is 0 Å². The Balaban J connectivity index is 1.03. The van der Waals surface area contributed by atoms with E-state index in [2.05, 4.69) is 74.3 Å². The lowest BCUT2D eigenvalue weighted by atomic mass is 9.88. The van der Waals surface area contributed by atoms with Crippen molar-refractivity contribution in [1.82, 2.24) is 19.6 Å². The number of allylic oxidation sites excluding steroid dienone is 2. The molecule has 5 aromatic rings. The molecular weight excluding hydrogens is 781 g/mol. The lowest BCUT2D eigenvalue weighted by molar-refractivity contribution is -0.384. The van der Waals surface area contributed by atoms with Crippen molar-refractivity contribution in [2.75, 3.05) is 31.6 Å². The van der Waals surface area contributed by atoms with Gasteiger partial charge in [0.05, 0.1) is 21.6 Å². The summed E-state index contributed by atoms with van der Waals surface area (Å²) >= 11 is 0. The van der Waals surface area contributed by atoms with Gasteiger partial charge in [-0.2, -0.15) is 0 Å². The van der Waals surface area contributed by atoms with Crippen LogP contribution in [0.4, 0.5) is 11.4 Å². The molecular formula is C46H50N6O7S. The molecule has 0 bridgehead atoms. The Hall–Kier alpha value is -5.83. The molecule has 1 aliphatic carbocycles. The lowest BCUT2D eigenvalue weighted by Crippen LogP contribution is -2.36. The number of aromatic nitrogens is 2. The summed E-state index contributed by atoms with van der Waals surface area (Å²) in [6.45, 7) is 4.96. The number of ether oxygens (including phenoxy) is 2. The number of rotatable bonds is 14. The number of likely N-dealkylation sites (tertiary alicyclic amines) is 1. The smallest absolute Gasteiger partial charge is 0.293 e. The maximum Gasteiger partial charge on any atom is 0.293 e. The molecule has 14 heteroatoms. The number of benzene rings is 3. The van der Waals surface area contributed by atoms with E-state index in [4.69, 9.17) is 9.47 Å². The van der Waals surface area contributed by atoms with E-state index in [1.807, 2.05) is 12.1 Å². The van der Waals surface area contributed by atoms with Gasteiger partial charge in [-0.05, 0) is 122 Å². The first kappa shape index (κ1) is 40.9. The van der Waals surface area contributed by atoms with Crippen LogP contribution in [0.3, 0.4) is 0 Å². The van der Waals surface area contributed by atoms with Crippen LogP contribution in [0, 0.1) is 16.0 Å². The molecule has 2 saturated heterocycles. The first-order valence-corrected chi connectivity index (χ1v) is 22.3. The topological polar surface area (TPSA) is 169 Å². The fourth-order valence-corrected chi connectivity index (χ4v) is 9.66. The van der Waals surface area contributed by atoms with Gasteiger partial charge in [-0.25, -0.2) is 18.1 Å². The Morgan fingerprint density at radius 2 is 1.92 bits per heavy atom. The molecule has 60 heavy (non-hydrogen) atoms. The number of pyridine rings is 1. The molecule has 4 heterocycles. The fourth-order valence-electron chi connectivity index (χ4n) is 8.67. The molecule has 0 radical (unpaired) electrons. The molecule has 2 aromatic heterocycles. The predicted octanol–water partition coefficient (Wildman–Crippen LogP) is 9.42.